The molecular formula is C16H25NO. The van der Waals surface area contributed by atoms with Crippen LogP contribution in [0.15, 0.2) is 24.3 Å². The van der Waals surface area contributed by atoms with E-state index >= 15 is 0 Å². The fourth-order valence-corrected chi connectivity index (χ4v) is 2.73. The number of methoxy groups -OCH3 is 1. The average molecular weight is 247 g/mol. The smallest absolute Gasteiger partial charge is 0.0713 e. The Labute approximate surface area is 111 Å². The first kappa shape index (κ1) is 13.6. The van der Waals surface area contributed by atoms with E-state index < -0.39 is 0 Å². The van der Waals surface area contributed by atoms with Gasteiger partial charge in [-0.15, -0.1) is 0 Å². The fourth-order valence-electron chi connectivity index (χ4n) is 2.73. The summed E-state index contributed by atoms with van der Waals surface area (Å²) in [5, 5.41) is 3.59. The molecule has 1 fully saturated rings. The van der Waals surface area contributed by atoms with Gasteiger partial charge in [0.25, 0.3) is 0 Å². The summed E-state index contributed by atoms with van der Waals surface area (Å²) < 4.78 is 5.11. The van der Waals surface area contributed by atoms with E-state index in [0.29, 0.717) is 6.61 Å². The van der Waals surface area contributed by atoms with Crippen LogP contribution in [0.5, 0.6) is 0 Å². The van der Waals surface area contributed by atoms with Crippen LogP contribution in [-0.4, -0.2) is 13.7 Å². The van der Waals surface area contributed by atoms with Crippen LogP contribution in [0.3, 0.4) is 0 Å². The van der Waals surface area contributed by atoms with Crippen LogP contribution < -0.4 is 5.32 Å². The van der Waals surface area contributed by atoms with Crippen molar-refractivity contribution in [3.63, 3.8) is 0 Å². The highest BCUT2D eigenvalue weighted by Crippen LogP contribution is 2.22. The Morgan fingerprint density at radius 2 is 1.72 bits per heavy atom. The molecule has 2 rings (SSSR count). The van der Waals surface area contributed by atoms with Crippen molar-refractivity contribution in [2.75, 3.05) is 13.7 Å². The summed E-state index contributed by atoms with van der Waals surface area (Å²) >= 11 is 0. The number of hydrogen-bond acceptors (Lipinski definition) is 2. The normalized spacial score (nSPS) is 16.9. The van der Waals surface area contributed by atoms with E-state index in [1.54, 1.807) is 7.11 Å². The second-order valence-corrected chi connectivity index (χ2v) is 5.38. The quantitative estimate of drug-likeness (QED) is 0.830. The monoisotopic (exact) mass is 247 g/mol. The molecule has 2 heteroatoms. The average Bonchev–Trinajstić information content (AvgIpc) is 2.42. The molecule has 1 aliphatic rings. The molecule has 1 aromatic carbocycles. The van der Waals surface area contributed by atoms with Crippen LogP contribution in [0.2, 0.25) is 0 Å². The first-order valence-electron chi connectivity index (χ1n) is 7.16. The van der Waals surface area contributed by atoms with Gasteiger partial charge in [0, 0.05) is 13.7 Å². The lowest BCUT2D eigenvalue weighted by molar-refractivity contribution is 0.185. The highest BCUT2D eigenvalue weighted by molar-refractivity contribution is 5.21. The van der Waals surface area contributed by atoms with Gasteiger partial charge in [0.05, 0.1) is 6.61 Å². The number of benzene rings is 1. The van der Waals surface area contributed by atoms with Crippen molar-refractivity contribution in [3.05, 3.63) is 35.4 Å². The molecule has 1 aromatic rings. The summed E-state index contributed by atoms with van der Waals surface area (Å²) in [6, 6.07) is 8.70. The minimum Gasteiger partial charge on any atom is -0.380 e. The van der Waals surface area contributed by atoms with E-state index in [9.17, 15) is 0 Å². The Morgan fingerprint density at radius 1 is 1.06 bits per heavy atom. The molecule has 100 valence electrons. The number of nitrogens with one attached hydrogen (secondary N) is 1. The third kappa shape index (κ3) is 4.43. The van der Waals surface area contributed by atoms with E-state index in [2.05, 4.69) is 29.6 Å². The molecule has 0 aliphatic heterocycles. The van der Waals surface area contributed by atoms with Crippen molar-refractivity contribution < 1.29 is 4.74 Å². The van der Waals surface area contributed by atoms with Crippen molar-refractivity contribution in [2.45, 2.75) is 45.3 Å². The van der Waals surface area contributed by atoms with E-state index in [1.165, 1.54) is 49.8 Å². The van der Waals surface area contributed by atoms with Gasteiger partial charge in [-0.2, -0.15) is 0 Å². The van der Waals surface area contributed by atoms with Gasteiger partial charge in [-0.25, -0.2) is 0 Å². The van der Waals surface area contributed by atoms with E-state index in [4.69, 9.17) is 4.74 Å². The largest absolute Gasteiger partial charge is 0.380 e. The summed E-state index contributed by atoms with van der Waals surface area (Å²) in [4.78, 5) is 0. The zero-order chi connectivity index (χ0) is 12.6. The van der Waals surface area contributed by atoms with Crippen LogP contribution in [0.4, 0.5) is 0 Å². The minimum atomic E-state index is 0.704. The number of ether oxygens (including phenoxy) is 1. The molecule has 0 amide bonds. The van der Waals surface area contributed by atoms with Crippen molar-refractivity contribution >= 4 is 0 Å². The summed E-state index contributed by atoms with van der Waals surface area (Å²) in [5.41, 5.74) is 2.61. The lowest BCUT2D eigenvalue weighted by Gasteiger charge is -2.21. The first-order chi connectivity index (χ1) is 8.88. The predicted molar refractivity (Wildman–Crippen MR) is 75.4 cm³/mol. The fraction of sp³-hybridized carbons (Fsp3) is 0.625. The summed E-state index contributed by atoms with van der Waals surface area (Å²) in [5.74, 6) is 0.909. The van der Waals surface area contributed by atoms with Crippen LogP contribution in [0, 0.1) is 5.92 Å². The second-order valence-electron chi connectivity index (χ2n) is 5.38. The Morgan fingerprint density at radius 3 is 2.39 bits per heavy atom. The molecule has 0 spiro atoms. The Bertz CT molecular complexity index is 327. The number of hydrogen-bond donors (Lipinski definition) is 1. The highest BCUT2D eigenvalue weighted by atomic mass is 16.5. The number of rotatable bonds is 6. The molecule has 0 saturated heterocycles. The second kappa shape index (κ2) is 7.55. The topological polar surface area (TPSA) is 21.3 Å². The van der Waals surface area contributed by atoms with E-state index in [0.717, 1.165) is 12.5 Å². The van der Waals surface area contributed by atoms with Gasteiger partial charge in [0.1, 0.15) is 0 Å². The predicted octanol–water partition coefficient (Wildman–Crippen LogP) is 3.50. The third-order valence-electron chi connectivity index (χ3n) is 3.82. The van der Waals surface area contributed by atoms with Crippen LogP contribution in [0.1, 0.15) is 43.2 Å². The zero-order valence-electron chi connectivity index (χ0n) is 11.5. The van der Waals surface area contributed by atoms with Gasteiger partial charge in [-0.1, -0.05) is 43.5 Å². The molecule has 0 atom stereocenters. The van der Waals surface area contributed by atoms with E-state index in [1.807, 2.05) is 0 Å². The molecule has 1 saturated carbocycles. The van der Waals surface area contributed by atoms with Crippen molar-refractivity contribution in [3.8, 4) is 0 Å². The van der Waals surface area contributed by atoms with Crippen molar-refractivity contribution in [2.24, 2.45) is 5.92 Å². The van der Waals surface area contributed by atoms with Gasteiger partial charge in [-0.3, -0.25) is 0 Å². The summed E-state index contributed by atoms with van der Waals surface area (Å²) in [6.45, 7) is 2.87. The molecule has 18 heavy (non-hydrogen) atoms. The van der Waals surface area contributed by atoms with E-state index in [-0.39, 0.29) is 0 Å². The Balaban J connectivity index is 1.69. The Hall–Kier alpha value is -0.860. The SMILES string of the molecule is COCc1ccc(CNCC2CCCCC2)cc1. The summed E-state index contributed by atoms with van der Waals surface area (Å²) in [6.07, 6.45) is 7.13. The van der Waals surface area contributed by atoms with Gasteiger partial charge < -0.3 is 10.1 Å². The van der Waals surface area contributed by atoms with Crippen LogP contribution in [0.25, 0.3) is 0 Å². The third-order valence-corrected chi connectivity index (χ3v) is 3.82. The van der Waals surface area contributed by atoms with Gasteiger partial charge >= 0.3 is 0 Å². The van der Waals surface area contributed by atoms with Crippen LogP contribution in [-0.2, 0) is 17.9 Å². The van der Waals surface area contributed by atoms with Gasteiger partial charge in [0.15, 0.2) is 0 Å². The van der Waals surface area contributed by atoms with Crippen molar-refractivity contribution in [1.82, 2.24) is 5.32 Å². The van der Waals surface area contributed by atoms with Crippen LogP contribution >= 0.6 is 0 Å². The maximum atomic E-state index is 5.11. The van der Waals surface area contributed by atoms with Crippen molar-refractivity contribution in [1.29, 1.82) is 0 Å². The molecule has 0 bridgehead atoms. The molecule has 0 radical (unpaired) electrons. The maximum Gasteiger partial charge on any atom is 0.0713 e. The lowest BCUT2D eigenvalue weighted by atomic mass is 9.89. The maximum absolute atomic E-state index is 5.11. The van der Waals surface area contributed by atoms with Gasteiger partial charge in [0.2, 0.25) is 0 Å². The molecule has 0 aromatic heterocycles. The standard InChI is InChI=1S/C16H25NO/c1-18-13-16-9-7-15(8-10-16)12-17-11-14-5-3-2-4-6-14/h7-10,14,17H,2-6,11-13H2,1H3. The molecule has 2 nitrogen and oxygen atoms in total. The molecule has 0 unspecified atom stereocenters. The molecule has 1 aliphatic carbocycles. The molecule has 1 N–H and O–H groups in total. The lowest BCUT2D eigenvalue weighted by Crippen LogP contribution is -2.24. The highest BCUT2D eigenvalue weighted by Gasteiger charge is 2.12. The van der Waals surface area contributed by atoms with Gasteiger partial charge in [-0.05, 0) is 36.4 Å². The molecule has 0 heterocycles. The summed E-state index contributed by atoms with van der Waals surface area (Å²) in [7, 11) is 1.74. The minimum absolute atomic E-state index is 0.704. The zero-order valence-corrected chi connectivity index (χ0v) is 11.5. The first-order valence-corrected chi connectivity index (χ1v) is 7.16. The molecular weight excluding hydrogens is 222 g/mol. The Kier molecular flexibility index (Phi) is 5.69.